The lowest BCUT2D eigenvalue weighted by Gasteiger charge is -2.02. The van der Waals surface area contributed by atoms with E-state index in [2.05, 4.69) is 10.1 Å². The molecule has 0 aliphatic rings. The zero-order valence-electron chi connectivity index (χ0n) is 7.11. The molecule has 0 spiro atoms. The summed E-state index contributed by atoms with van der Waals surface area (Å²) in [5, 5.41) is 4.68. The van der Waals surface area contributed by atoms with Crippen molar-refractivity contribution in [1.82, 2.24) is 14.8 Å². The Balaban J connectivity index is 2.52. The fourth-order valence-electron chi connectivity index (χ4n) is 1.13. The summed E-state index contributed by atoms with van der Waals surface area (Å²) in [6, 6.07) is 3.88. The van der Waals surface area contributed by atoms with E-state index in [1.165, 1.54) is 0 Å². The number of pyridine rings is 1. The van der Waals surface area contributed by atoms with E-state index in [9.17, 15) is 0 Å². The van der Waals surface area contributed by atoms with Gasteiger partial charge in [0.2, 0.25) is 0 Å². The van der Waals surface area contributed by atoms with Crippen LogP contribution in [0.3, 0.4) is 0 Å². The van der Waals surface area contributed by atoms with Crippen LogP contribution >= 0.6 is 11.6 Å². The van der Waals surface area contributed by atoms with Crippen LogP contribution in [-0.2, 0) is 0 Å². The van der Waals surface area contributed by atoms with E-state index in [1.54, 1.807) is 23.3 Å². The van der Waals surface area contributed by atoms with Crippen molar-refractivity contribution in [1.29, 1.82) is 0 Å². The topological polar surface area (TPSA) is 30.7 Å². The van der Waals surface area contributed by atoms with Gasteiger partial charge in [-0.2, -0.15) is 5.10 Å². The fourth-order valence-corrected chi connectivity index (χ4v) is 1.27. The maximum absolute atomic E-state index is 5.75. The van der Waals surface area contributed by atoms with Gasteiger partial charge in [0.1, 0.15) is 0 Å². The van der Waals surface area contributed by atoms with Crippen LogP contribution in [0.5, 0.6) is 0 Å². The van der Waals surface area contributed by atoms with E-state index in [4.69, 9.17) is 11.6 Å². The van der Waals surface area contributed by atoms with E-state index in [1.807, 2.05) is 19.1 Å². The van der Waals surface area contributed by atoms with Crippen LogP contribution in [-0.4, -0.2) is 14.8 Å². The number of aromatic nitrogens is 3. The molecule has 0 aliphatic carbocycles. The van der Waals surface area contributed by atoms with E-state index < -0.39 is 0 Å². The van der Waals surface area contributed by atoms with Crippen LogP contribution in [0.4, 0.5) is 0 Å². The minimum Gasteiger partial charge on any atom is -0.237 e. The first kappa shape index (κ1) is 8.26. The van der Waals surface area contributed by atoms with Crippen molar-refractivity contribution in [2.75, 3.05) is 0 Å². The molecule has 2 heterocycles. The highest BCUT2D eigenvalue weighted by molar-refractivity contribution is 6.30. The average Bonchev–Trinajstić information content (AvgIpc) is 2.53. The van der Waals surface area contributed by atoms with Gasteiger partial charge in [0, 0.05) is 6.20 Å². The van der Waals surface area contributed by atoms with Gasteiger partial charge in [-0.15, -0.1) is 0 Å². The van der Waals surface area contributed by atoms with Crippen molar-refractivity contribution in [3.8, 4) is 5.82 Å². The largest absolute Gasteiger partial charge is 0.237 e. The molecule has 66 valence electrons. The molecule has 0 radical (unpaired) electrons. The molecule has 4 heteroatoms. The third kappa shape index (κ3) is 1.55. The predicted octanol–water partition coefficient (Wildman–Crippen LogP) is 2.23. The van der Waals surface area contributed by atoms with Crippen LogP contribution in [0.2, 0.25) is 5.02 Å². The molecule has 0 saturated carbocycles. The molecule has 3 nitrogen and oxygen atoms in total. The quantitative estimate of drug-likeness (QED) is 0.696. The first-order chi connectivity index (χ1) is 6.27. The molecule has 2 aromatic heterocycles. The van der Waals surface area contributed by atoms with Crippen molar-refractivity contribution < 1.29 is 0 Å². The molecule has 0 atom stereocenters. The zero-order valence-corrected chi connectivity index (χ0v) is 7.86. The molecular weight excluding hydrogens is 186 g/mol. The summed E-state index contributed by atoms with van der Waals surface area (Å²) in [7, 11) is 0. The van der Waals surface area contributed by atoms with E-state index in [0.717, 1.165) is 11.4 Å². The average molecular weight is 194 g/mol. The van der Waals surface area contributed by atoms with E-state index >= 15 is 0 Å². The van der Waals surface area contributed by atoms with Crippen LogP contribution in [0.15, 0.2) is 30.7 Å². The van der Waals surface area contributed by atoms with E-state index in [-0.39, 0.29) is 0 Å². The summed E-state index contributed by atoms with van der Waals surface area (Å²) in [4.78, 5) is 4.20. The molecule has 0 fully saturated rings. The molecule has 0 amide bonds. The van der Waals surface area contributed by atoms with Gasteiger partial charge < -0.3 is 0 Å². The van der Waals surface area contributed by atoms with Gasteiger partial charge in [-0.3, -0.25) is 0 Å². The third-order valence-electron chi connectivity index (χ3n) is 1.75. The minimum absolute atomic E-state index is 0.616. The van der Waals surface area contributed by atoms with Gasteiger partial charge in [-0.05, 0) is 18.6 Å². The summed E-state index contributed by atoms with van der Waals surface area (Å²) in [6.07, 6.45) is 5.06. The molecule has 0 aliphatic heterocycles. The number of hydrogen-bond donors (Lipinski definition) is 0. The smallest absolute Gasteiger partial charge is 0.156 e. The maximum atomic E-state index is 5.75. The molecule has 0 unspecified atom stereocenters. The fraction of sp³-hybridized carbons (Fsp3) is 0.111. The van der Waals surface area contributed by atoms with Gasteiger partial charge in [0.15, 0.2) is 5.82 Å². The Kier molecular flexibility index (Phi) is 2.02. The third-order valence-corrected chi connectivity index (χ3v) is 1.95. The number of aryl methyl sites for hydroxylation is 1. The number of hydrogen-bond acceptors (Lipinski definition) is 2. The lowest BCUT2D eigenvalue weighted by atomic mass is 10.3. The zero-order chi connectivity index (χ0) is 9.26. The highest BCUT2D eigenvalue weighted by Crippen LogP contribution is 2.12. The summed E-state index contributed by atoms with van der Waals surface area (Å²) >= 11 is 5.75. The first-order valence-electron chi connectivity index (χ1n) is 3.89. The maximum Gasteiger partial charge on any atom is 0.156 e. The van der Waals surface area contributed by atoms with Gasteiger partial charge in [0.25, 0.3) is 0 Å². The molecule has 2 aromatic rings. The molecule has 2 rings (SSSR count). The highest BCUT2D eigenvalue weighted by atomic mass is 35.5. The highest BCUT2D eigenvalue weighted by Gasteiger charge is 2.02. The number of halogens is 1. The van der Waals surface area contributed by atoms with E-state index in [0.29, 0.717) is 5.02 Å². The standard InChI is InChI=1S/C9H8ClN3/c1-7-3-2-4-11-9(7)13-6-8(10)5-12-13/h2-6H,1H3. The second-order valence-corrected chi connectivity index (χ2v) is 3.18. The van der Waals surface area contributed by atoms with Crippen LogP contribution in [0.25, 0.3) is 5.82 Å². The Morgan fingerprint density at radius 1 is 1.46 bits per heavy atom. The Bertz CT molecular complexity index is 422. The monoisotopic (exact) mass is 193 g/mol. The molecule has 0 N–H and O–H groups in total. The second kappa shape index (κ2) is 3.18. The minimum atomic E-state index is 0.616. The van der Waals surface area contributed by atoms with Crippen LogP contribution in [0.1, 0.15) is 5.56 Å². The first-order valence-corrected chi connectivity index (χ1v) is 4.27. The molecule has 13 heavy (non-hydrogen) atoms. The van der Waals surface area contributed by atoms with Crippen molar-refractivity contribution in [3.05, 3.63) is 41.3 Å². The van der Waals surface area contributed by atoms with Gasteiger partial charge in [0.05, 0.1) is 17.4 Å². The molecule has 0 bridgehead atoms. The Morgan fingerprint density at radius 3 is 2.92 bits per heavy atom. The van der Waals surface area contributed by atoms with Crippen molar-refractivity contribution >= 4 is 11.6 Å². The van der Waals surface area contributed by atoms with Crippen molar-refractivity contribution in [2.24, 2.45) is 0 Å². The number of nitrogens with zero attached hydrogens (tertiary/aromatic N) is 3. The summed E-state index contributed by atoms with van der Waals surface area (Å²) in [5.41, 5.74) is 1.07. The summed E-state index contributed by atoms with van der Waals surface area (Å²) in [6.45, 7) is 1.98. The Labute approximate surface area is 81.0 Å². The molecule has 0 aromatic carbocycles. The van der Waals surface area contributed by atoms with Crippen LogP contribution in [0, 0.1) is 6.92 Å². The Hall–Kier alpha value is -1.35. The summed E-state index contributed by atoms with van der Waals surface area (Å²) in [5.74, 6) is 0.814. The van der Waals surface area contributed by atoms with Gasteiger partial charge >= 0.3 is 0 Å². The predicted molar refractivity (Wildman–Crippen MR) is 51.1 cm³/mol. The van der Waals surface area contributed by atoms with Crippen LogP contribution < -0.4 is 0 Å². The number of rotatable bonds is 1. The van der Waals surface area contributed by atoms with Crippen molar-refractivity contribution in [3.63, 3.8) is 0 Å². The van der Waals surface area contributed by atoms with Gasteiger partial charge in [-0.1, -0.05) is 17.7 Å². The lowest BCUT2D eigenvalue weighted by molar-refractivity contribution is 0.838. The van der Waals surface area contributed by atoms with Gasteiger partial charge in [-0.25, -0.2) is 9.67 Å². The summed E-state index contributed by atoms with van der Waals surface area (Å²) < 4.78 is 1.66. The van der Waals surface area contributed by atoms with Crippen molar-refractivity contribution in [2.45, 2.75) is 6.92 Å². The SMILES string of the molecule is Cc1cccnc1-n1cc(Cl)cn1. The molecule has 0 saturated heterocycles. The lowest BCUT2D eigenvalue weighted by Crippen LogP contribution is -1.99. The normalized spacial score (nSPS) is 10.3. The Morgan fingerprint density at radius 2 is 2.31 bits per heavy atom. The molecular formula is C9H8ClN3. The second-order valence-electron chi connectivity index (χ2n) is 2.75.